The highest BCUT2D eigenvalue weighted by Crippen LogP contribution is 2.39. The summed E-state index contributed by atoms with van der Waals surface area (Å²) in [5.74, 6) is 2.45. The number of methoxy groups -OCH3 is 3. The van der Waals surface area contributed by atoms with Crippen molar-refractivity contribution in [1.82, 2.24) is 15.1 Å². The van der Waals surface area contributed by atoms with Crippen LogP contribution in [0.2, 0.25) is 0 Å². The Morgan fingerprint density at radius 1 is 1.11 bits per heavy atom. The second-order valence-corrected chi connectivity index (χ2v) is 6.39. The third kappa shape index (κ3) is 6.28. The number of aliphatic imine (C=N–C) groups is 1. The van der Waals surface area contributed by atoms with Crippen LogP contribution >= 0.6 is 24.0 Å². The maximum absolute atomic E-state index is 5.40. The molecule has 1 unspecified atom stereocenters. The molecule has 0 amide bonds. The van der Waals surface area contributed by atoms with Crippen molar-refractivity contribution in [3.63, 3.8) is 0 Å². The Bertz CT molecular complexity index is 604. The van der Waals surface area contributed by atoms with Crippen molar-refractivity contribution in [1.29, 1.82) is 0 Å². The Kier molecular flexibility index (Phi) is 9.95. The Labute approximate surface area is 179 Å². The van der Waals surface area contributed by atoms with Gasteiger partial charge in [-0.05, 0) is 14.1 Å². The van der Waals surface area contributed by atoms with E-state index in [1.54, 1.807) is 28.4 Å². The number of ether oxygens (including phenoxy) is 3. The molecule has 0 radical (unpaired) electrons. The predicted octanol–water partition coefficient (Wildman–Crippen LogP) is 1.56. The maximum Gasteiger partial charge on any atom is 0.203 e. The fourth-order valence-corrected chi connectivity index (χ4v) is 3.01. The van der Waals surface area contributed by atoms with Gasteiger partial charge in [-0.3, -0.25) is 9.89 Å². The van der Waals surface area contributed by atoms with Gasteiger partial charge >= 0.3 is 0 Å². The third-order valence-corrected chi connectivity index (χ3v) is 4.64. The molecule has 1 aromatic rings. The fraction of sp³-hybridized carbons (Fsp3) is 0.611. The average Bonchev–Trinajstić information content (AvgIpc) is 2.66. The molecular weight excluding hydrogens is 461 g/mol. The molecule has 1 saturated heterocycles. The van der Waals surface area contributed by atoms with Gasteiger partial charge in [0.2, 0.25) is 5.75 Å². The van der Waals surface area contributed by atoms with Crippen LogP contribution in [0.1, 0.15) is 0 Å². The molecule has 0 spiro atoms. The number of benzene rings is 1. The van der Waals surface area contributed by atoms with E-state index in [4.69, 9.17) is 14.2 Å². The largest absolute Gasteiger partial charge is 0.493 e. The molecule has 1 aliphatic heterocycles. The molecule has 27 heavy (non-hydrogen) atoms. The van der Waals surface area contributed by atoms with Gasteiger partial charge in [-0.25, -0.2) is 0 Å². The van der Waals surface area contributed by atoms with Crippen molar-refractivity contribution in [3.05, 3.63) is 12.1 Å². The zero-order chi connectivity index (χ0) is 19.1. The summed E-state index contributed by atoms with van der Waals surface area (Å²) in [5.41, 5.74) is 0.807. The molecule has 1 fully saturated rings. The molecule has 9 heteroatoms. The third-order valence-electron chi connectivity index (χ3n) is 4.64. The number of guanidine groups is 1. The second kappa shape index (κ2) is 11.4. The number of nitrogens with zero attached hydrogens (tertiary/aromatic N) is 3. The Balaban J connectivity index is 0.00000364. The molecule has 0 bridgehead atoms. The molecule has 1 aliphatic rings. The summed E-state index contributed by atoms with van der Waals surface area (Å²) in [4.78, 5) is 9.04. The van der Waals surface area contributed by atoms with Crippen LogP contribution in [0.15, 0.2) is 17.1 Å². The van der Waals surface area contributed by atoms with Crippen molar-refractivity contribution in [2.24, 2.45) is 4.99 Å². The fourth-order valence-electron chi connectivity index (χ4n) is 3.01. The lowest BCUT2D eigenvalue weighted by Crippen LogP contribution is -2.54. The van der Waals surface area contributed by atoms with E-state index >= 15 is 0 Å². The van der Waals surface area contributed by atoms with Crippen LogP contribution in [-0.2, 0) is 0 Å². The normalized spacial score (nSPS) is 18.4. The first kappa shape index (κ1) is 23.6. The number of hydrogen-bond donors (Lipinski definition) is 2. The van der Waals surface area contributed by atoms with Gasteiger partial charge in [0.1, 0.15) is 0 Å². The molecule has 0 aliphatic carbocycles. The van der Waals surface area contributed by atoms with E-state index in [0.29, 0.717) is 29.2 Å². The summed E-state index contributed by atoms with van der Waals surface area (Å²) < 4.78 is 16.2. The van der Waals surface area contributed by atoms with Crippen LogP contribution < -0.4 is 24.8 Å². The Morgan fingerprint density at radius 2 is 1.74 bits per heavy atom. The zero-order valence-corrected chi connectivity index (χ0v) is 19.4. The summed E-state index contributed by atoms with van der Waals surface area (Å²) >= 11 is 0. The van der Waals surface area contributed by atoms with Gasteiger partial charge in [-0.1, -0.05) is 0 Å². The summed E-state index contributed by atoms with van der Waals surface area (Å²) in [6.07, 6.45) is 0. The Morgan fingerprint density at radius 3 is 2.26 bits per heavy atom. The molecule has 154 valence electrons. The number of halogens is 1. The van der Waals surface area contributed by atoms with Crippen LogP contribution in [0.3, 0.4) is 0 Å². The molecule has 0 aromatic heterocycles. The van der Waals surface area contributed by atoms with Gasteiger partial charge in [-0.15, -0.1) is 24.0 Å². The highest BCUT2D eigenvalue weighted by Gasteiger charge is 2.22. The van der Waals surface area contributed by atoms with E-state index in [0.717, 1.165) is 31.9 Å². The predicted molar refractivity (Wildman–Crippen MR) is 120 cm³/mol. The van der Waals surface area contributed by atoms with E-state index in [2.05, 4.69) is 39.5 Å². The van der Waals surface area contributed by atoms with E-state index in [9.17, 15) is 0 Å². The standard InChI is InChI=1S/C18H31N5O3.HI/c1-19-18(20-11-14-12-22(2)7-8-23(14)3)21-13-9-15(24-4)17(26-6)16(10-13)25-5;/h9-10,14H,7-8,11-12H2,1-6H3,(H2,19,20,21);1H. The van der Waals surface area contributed by atoms with Gasteiger partial charge in [-0.2, -0.15) is 0 Å². The second-order valence-electron chi connectivity index (χ2n) is 6.39. The van der Waals surface area contributed by atoms with Crippen LogP contribution in [-0.4, -0.2) is 90.5 Å². The first-order valence-corrected chi connectivity index (χ1v) is 8.68. The number of anilines is 1. The average molecular weight is 493 g/mol. The minimum Gasteiger partial charge on any atom is -0.493 e. The number of hydrogen-bond acceptors (Lipinski definition) is 6. The quantitative estimate of drug-likeness (QED) is 0.354. The molecule has 2 rings (SSSR count). The van der Waals surface area contributed by atoms with Gasteiger partial charge in [0.15, 0.2) is 17.5 Å². The number of piperazine rings is 1. The molecular formula is C18H32IN5O3. The van der Waals surface area contributed by atoms with E-state index < -0.39 is 0 Å². The minimum absolute atomic E-state index is 0. The summed E-state index contributed by atoms with van der Waals surface area (Å²) in [6, 6.07) is 4.15. The van der Waals surface area contributed by atoms with Crippen LogP contribution in [0.25, 0.3) is 0 Å². The number of nitrogens with one attached hydrogen (secondary N) is 2. The molecule has 1 atom stereocenters. The van der Waals surface area contributed by atoms with E-state index in [-0.39, 0.29) is 24.0 Å². The SMILES string of the molecule is CN=C(NCC1CN(C)CCN1C)Nc1cc(OC)c(OC)c(OC)c1.I. The number of rotatable bonds is 6. The lowest BCUT2D eigenvalue weighted by atomic mass is 10.2. The molecule has 1 aromatic carbocycles. The van der Waals surface area contributed by atoms with Gasteiger partial charge in [0.25, 0.3) is 0 Å². The van der Waals surface area contributed by atoms with Crippen LogP contribution in [0, 0.1) is 0 Å². The van der Waals surface area contributed by atoms with Crippen LogP contribution in [0.5, 0.6) is 17.2 Å². The van der Waals surface area contributed by atoms with Crippen molar-refractivity contribution in [2.75, 3.05) is 74.0 Å². The van der Waals surface area contributed by atoms with Gasteiger partial charge in [0.05, 0.1) is 21.3 Å². The van der Waals surface area contributed by atoms with Crippen molar-refractivity contribution in [2.45, 2.75) is 6.04 Å². The smallest absolute Gasteiger partial charge is 0.203 e. The van der Waals surface area contributed by atoms with E-state index in [1.807, 2.05) is 12.1 Å². The first-order chi connectivity index (χ1) is 12.5. The topological polar surface area (TPSA) is 70.6 Å². The highest BCUT2D eigenvalue weighted by atomic mass is 127. The molecule has 1 heterocycles. The summed E-state index contributed by atoms with van der Waals surface area (Å²) in [6.45, 7) is 4.02. The van der Waals surface area contributed by atoms with Crippen molar-refractivity contribution < 1.29 is 14.2 Å². The monoisotopic (exact) mass is 493 g/mol. The van der Waals surface area contributed by atoms with Crippen molar-refractivity contribution in [3.8, 4) is 17.2 Å². The summed E-state index contributed by atoms with van der Waals surface area (Å²) in [7, 11) is 10.9. The lowest BCUT2D eigenvalue weighted by Gasteiger charge is -2.37. The van der Waals surface area contributed by atoms with E-state index in [1.165, 1.54) is 0 Å². The first-order valence-electron chi connectivity index (χ1n) is 8.68. The minimum atomic E-state index is 0. The zero-order valence-electron chi connectivity index (χ0n) is 17.0. The Hall–Kier alpha value is -1.46. The lowest BCUT2D eigenvalue weighted by molar-refractivity contribution is 0.116. The highest BCUT2D eigenvalue weighted by molar-refractivity contribution is 14.0. The maximum atomic E-state index is 5.40. The summed E-state index contributed by atoms with van der Waals surface area (Å²) in [5, 5.41) is 6.69. The number of likely N-dealkylation sites (N-methyl/N-ethyl adjacent to an activating group) is 2. The van der Waals surface area contributed by atoms with Gasteiger partial charge < -0.3 is 29.7 Å². The molecule has 0 saturated carbocycles. The van der Waals surface area contributed by atoms with Crippen LogP contribution in [0.4, 0.5) is 5.69 Å². The van der Waals surface area contributed by atoms with Gasteiger partial charge in [0, 0.05) is 57.1 Å². The van der Waals surface area contributed by atoms with Crippen molar-refractivity contribution >= 4 is 35.6 Å². The molecule has 2 N–H and O–H groups in total. The molecule has 8 nitrogen and oxygen atoms in total.